The second kappa shape index (κ2) is 31.3. The van der Waals surface area contributed by atoms with Gasteiger partial charge < -0.3 is 19.9 Å². The third-order valence-electron chi connectivity index (χ3n) is 7.60. The molecule has 0 unspecified atom stereocenters. The number of hydrogen-bond acceptors (Lipinski definition) is 6. The first-order chi connectivity index (χ1) is 20.0. The number of hydrogen-bond donors (Lipinski definition) is 2. The largest absolute Gasteiger partial charge is 0.462 e. The topological polar surface area (TPSA) is 102 Å². The number of nitrogens with one attached hydrogen (secondary N) is 1. The first kappa shape index (κ1) is 39.4. The van der Waals surface area contributed by atoms with Crippen molar-refractivity contribution < 1.29 is 29.0 Å². The molecule has 0 aliphatic carbocycles. The Morgan fingerprint density at radius 3 is 1.39 bits per heavy atom. The minimum absolute atomic E-state index is 0.0451. The van der Waals surface area contributed by atoms with Gasteiger partial charge in [-0.2, -0.15) is 0 Å². The van der Waals surface area contributed by atoms with Gasteiger partial charge in [-0.1, -0.05) is 135 Å². The first-order valence-corrected chi connectivity index (χ1v) is 17.2. The van der Waals surface area contributed by atoms with Crippen LogP contribution in [0.3, 0.4) is 0 Å². The lowest BCUT2D eigenvalue weighted by atomic mass is 10.0. The Labute approximate surface area is 252 Å². The van der Waals surface area contributed by atoms with E-state index >= 15 is 0 Å². The number of rotatable bonds is 31. The fourth-order valence-corrected chi connectivity index (χ4v) is 4.99. The highest BCUT2D eigenvalue weighted by Gasteiger charge is 2.16. The molecular formula is C34H65NO6. The number of unbranched alkanes of at least 4 members (excludes halogenated alkanes) is 21. The van der Waals surface area contributed by atoms with Crippen LogP contribution in [0.2, 0.25) is 0 Å². The van der Waals surface area contributed by atoms with Crippen molar-refractivity contribution in [2.24, 2.45) is 0 Å². The van der Waals surface area contributed by atoms with Crippen LogP contribution in [0.25, 0.3) is 0 Å². The molecule has 2 N–H and O–H groups in total. The summed E-state index contributed by atoms with van der Waals surface area (Å²) in [4.78, 5) is 34.9. The van der Waals surface area contributed by atoms with E-state index in [1.54, 1.807) is 6.92 Å². The van der Waals surface area contributed by atoms with E-state index in [9.17, 15) is 19.5 Å². The monoisotopic (exact) mass is 583 g/mol. The second-order valence-corrected chi connectivity index (χ2v) is 11.7. The number of carbonyl (C=O) groups excluding carboxylic acids is 3. The molecule has 0 saturated carbocycles. The van der Waals surface area contributed by atoms with E-state index in [2.05, 4.69) is 12.2 Å². The molecule has 0 bridgehead atoms. The van der Waals surface area contributed by atoms with Crippen molar-refractivity contribution in [2.45, 2.75) is 180 Å². The SMILES string of the molecule is CCCCCCCCCCCCCCCC(=O)O[C@@H](CO)COC(=O)CCCCCCCCCCCCNC(C)=O. The highest BCUT2D eigenvalue weighted by Crippen LogP contribution is 2.14. The van der Waals surface area contributed by atoms with Crippen LogP contribution in [0.15, 0.2) is 0 Å². The second-order valence-electron chi connectivity index (χ2n) is 11.7. The molecule has 0 aromatic carbocycles. The van der Waals surface area contributed by atoms with Crippen LogP contribution in [0.4, 0.5) is 0 Å². The average Bonchev–Trinajstić information content (AvgIpc) is 2.95. The van der Waals surface area contributed by atoms with Gasteiger partial charge in [0.15, 0.2) is 6.10 Å². The number of aliphatic hydroxyl groups excluding tert-OH is 1. The van der Waals surface area contributed by atoms with Gasteiger partial charge >= 0.3 is 11.9 Å². The van der Waals surface area contributed by atoms with E-state index in [1.165, 1.54) is 96.3 Å². The van der Waals surface area contributed by atoms with Crippen LogP contribution in [-0.2, 0) is 23.9 Å². The van der Waals surface area contributed by atoms with Gasteiger partial charge in [0.25, 0.3) is 0 Å². The molecule has 0 radical (unpaired) electrons. The van der Waals surface area contributed by atoms with Gasteiger partial charge in [0.05, 0.1) is 6.61 Å². The van der Waals surface area contributed by atoms with E-state index in [0.717, 1.165) is 57.9 Å². The zero-order chi connectivity index (χ0) is 30.2. The summed E-state index contributed by atoms with van der Waals surface area (Å²) < 4.78 is 10.5. The molecule has 0 spiro atoms. The van der Waals surface area contributed by atoms with Gasteiger partial charge in [0.1, 0.15) is 6.61 Å². The minimum Gasteiger partial charge on any atom is -0.462 e. The van der Waals surface area contributed by atoms with Crippen LogP contribution < -0.4 is 5.32 Å². The summed E-state index contributed by atoms with van der Waals surface area (Å²) in [6, 6.07) is 0. The number of esters is 2. The van der Waals surface area contributed by atoms with Crippen molar-refractivity contribution >= 4 is 17.8 Å². The maximum absolute atomic E-state index is 12.1. The number of carbonyl (C=O) groups is 3. The molecule has 0 aliphatic rings. The highest BCUT2D eigenvalue weighted by atomic mass is 16.6. The van der Waals surface area contributed by atoms with E-state index in [-0.39, 0.29) is 31.1 Å². The van der Waals surface area contributed by atoms with Crippen molar-refractivity contribution in [3.8, 4) is 0 Å². The summed E-state index contributed by atoms with van der Waals surface area (Å²) in [5.41, 5.74) is 0. The summed E-state index contributed by atoms with van der Waals surface area (Å²) in [7, 11) is 0. The lowest BCUT2D eigenvalue weighted by Gasteiger charge is -2.15. The van der Waals surface area contributed by atoms with Crippen molar-refractivity contribution in [2.75, 3.05) is 19.8 Å². The molecule has 242 valence electrons. The molecule has 0 heterocycles. The molecular weight excluding hydrogens is 518 g/mol. The van der Waals surface area contributed by atoms with E-state index in [1.807, 2.05) is 0 Å². The van der Waals surface area contributed by atoms with Gasteiger partial charge in [-0.15, -0.1) is 0 Å². The van der Waals surface area contributed by atoms with Crippen molar-refractivity contribution in [1.82, 2.24) is 5.32 Å². The molecule has 0 fully saturated rings. The third-order valence-corrected chi connectivity index (χ3v) is 7.60. The Bertz CT molecular complexity index is 612. The smallest absolute Gasteiger partial charge is 0.306 e. The number of aliphatic hydroxyl groups is 1. The molecule has 41 heavy (non-hydrogen) atoms. The zero-order valence-electron chi connectivity index (χ0n) is 26.9. The van der Waals surface area contributed by atoms with Crippen molar-refractivity contribution in [3.05, 3.63) is 0 Å². The van der Waals surface area contributed by atoms with Crippen LogP contribution >= 0.6 is 0 Å². The summed E-state index contributed by atoms with van der Waals surface area (Å²) in [5, 5.41) is 12.3. The van der Waals surface area contributed by atoms with Gasteiger partial charge in [-0.25, -0.2) is 0 Å². The molecule has 0 saturated heterocycles. The van der Waals surface area contributed by atoms with Gasteiger partial charge in [-0.3, -0.25) is 14.4 Å². The maximum atomic E-state index is 12.1. The van der Waals surface area contributed by atoms with E-state index in [0.29, 0.717) is 12.8 Å². The van der Waals surface area contributed by atoms with Crippen LogP contribution in [0, 0.1) is 0 Å². The fraction of sp³-hybridized carbons (Fsp3) is 0.912. The summed E-state index contributed by atoms with van der Waals surface area (Å²) >= 11 is 0. The Hall–Kier alpha value is -1.63. The van der Waals surface area contributed by atoms with Crippen LogP contribution in [-0.4, -0.2) is 48.8 Å². The summed E-state index contributed by atoms with van der Waals surface area (Å²) in [6.07, 6.45) is 27.5. The van der Waals surface area contributed by atoms with E-state index < -0.39 is 6.10 Å². The molecule has 0 aromatic rings. The molecule has 7 heteroatoms. The normalized spacial score (nSPS) is 11.8. The Balaban J connectivity index is 3.53. The molecule has 7 nitrogen and oxygen atoms in total. The average molecular weight is 584 g/mol. The molecule has 0 rings (SSSR count). The van der Waals surface area contributed by atoms with Crippen molar-refractivity contribution in [1.29, 1.82) is 0 Å². The fourth-order valence-electron chi connectivity index (χ4n) is 4.99. The minimum atomic E-state index is -0.779. The van der Waals surface area contributed by atoms with Gasteiger partial charge in [0, 0.05) is 26.3 Å². The lowest BCUT2D eigenvalue weighted by molar-refractivity contribution is -0.161. The predicted octanol–water partition coefficient (Wildman–Crippen LogP) is 8.34. The molecule has 1 atom stereocenters. The first-order valence-electron chi connectivity index (χ1n) is 17.2. The van der Waals surface area contributed by atoms with Crippen LogP contribution in [0.5, 0.6) is 0 Å². The maximum Gasteiger partial charge on any atom is 0.306 e. The molecule has 0 aromatic heterocycles. The predicted molar refractivity (Wildman–Crippen MR) is 168 cm³/mol. The molecule has 0 aliphatic heterocycles. The van der Waals surface area contributed by atoms with Gasteiger partial charge in [0.2, 0.25) is 5.91 Å². The van der Waals surface area contributed by atoms with E-state index in [4.69, 9.17) is 9.47 Å². The quantitative estimate of drug-likeness (QED) is 0.0628. The Morgan fingerprint density at radius 2 is 0.976 bits per heavy atom. The lowest BCUT2D eigenvalue weighted by Crippen LogP contribution is -2.28. The Morgan fingerprint density at radius 1 is 0.585 bits per heavy atom. The highest BCUT2D eigenvalue weighted by molar-refractivity contribution is 5.72. The number of amides is 1. The van der Waals surface area contributed by atoms with Crippen LogP contribution in [0.1, 0.15) is 174 Å². The molecule has 1 amide bonds. The van der Waals surface area contributed by atoms with Gasteiger partial charge in [-0.05, 0) is 19.3 Å². The van der Waals surface area contributed by atoms with Crippen molar-refractivity contribution in [3.63, 3.8) is 0 Å². The summed E-state index contributed by atoms with van der Waals surface area (Å²) in [6.45, 7) is 4.17. The zero-order valence-corrected chi connectivity index (χ0v) is 26.9. The third kappa shape index (κ3) is 31.1. The number of ether oxygens (including phenoxy) is 2. The Kier molecular flexibility index (Phi) is 30.1. The standard InChI is InChI=1S/C34H65NO6/c1-3-4-5-6-7-8-9-10-11-15-18-21-24-27-34(39)41-32(29-36)30-40-33(38)26-23-20-17-14-12-13-16-19-22-25-28-35-31(2)37/h32,36H,3-30H2,1-2H3,(H,35,37)/t32-/m0/s1. The summed E-state index contributed by atoms with van der Waals surface area (Å²) in [5.74, 6) is -0.577.